The molecule has 0 saturated heterocycles. The number of methoxy groups -OCH3 is 1. The molecule has 0 bridgehead atoms. The van der Waals surface area contributed by atoms with Gasteiger partial charge in [0.1, 0.15) is 5.52 Å². The summed E-state index contributed by atoms with van der Waals surface area (Å²) in [5.74, 6) is 0.561. The number of pyridine rings is 1. The average molecular weight is 179 g/mol. The zero-order valence-corrected chi connectivity index (χ0v) is 8.06. The van der Waals surface area contributed by atoms with Gasteiger partial charge in [0, 0.05) is 6.20 Å². The van der Waals surface area contributed by atoms with E-state index in [1.54, 1.807) is 11.6 Å². The summed E-state index contributed by atoms with van der Waals surface area (Å²) in [7, 11) is 1.58. The number of nitrogens with zero attached hydrogens (tertiary/aromatic N) is 3. The first-order valence-corrected chi connectivity index (χ1v) is 4.26. The molecule has 0 radical (unpaired) electrons. The molecule has 70 valence electrons. The SMILES string of the molecule is CC.COc1nnn2ccccc12. The Bertz CT molecular complexity index is 370. The van der Waals surface area contributed by atoms with E-state index < -0.39 is 0 Å². The van der Waals surface area contributed by atoms with Gasteiger partial charge in [-0.05, 0) is 12.1 Å². The lowest BCUT2D eigenvalue weighted by Crippen LogP contribution is -1.84. The smallest absolute Gasteiger partial charge is 0.261 e. The molecule has 2 rings (SSSR count). The number of ether oxygens (including phenoxy) is 1. The van der Waals surface area contributed by atoms with Gasteiger partial charge in [0.25, 0.3) is 5.88 Å². The summed E-state index contributed by atoms with van der Waals surface area (Å²) in [5, 5.41) is 7.64. The highest BCUT2D eigenvalue weighted by molar-refractivity contribution is 5.54. The predicted molar refractivity (Wildman–Crippen MR) is 50.9 cm³/mol. The van der Waals surface area contributed by atoms with Gasteiger partial charge in [0.15, 0.2) is 0 Å². The fraction of sp³-hybridized carbons (Fsp3) is 0.333. The first-order chi connectivity index (χ1) is 6.42. The second-order valence-corrected chi connectivity index (χ2v) is 2.13. The molecule has 0 atom stereocenters. The van der Waals surface area contributed by atoms with Gasteiger partial charge < -0.3 is 4.74 Å². The molecule has 4 nitrogen and oxygen atoms in total. The fourth-order valence-corrected chi connectivity index (χ4v) is 0.967. The molecule has 13 heavy (non-hydrogen) atoms. The minimum atomic E-state index is 0.561. The Morgan fingerprint density at radius 3 is 2.77 bits per heavy atom. The zero-order chi connectivity index (χ0) is 9.68. The Morgan fingerprint density at radius 1 is 1.31 bits per heavy atom. The van der Waals surface area contributed by atoms with Crippen LogP contribution in [0.4, 0.5) is 0 Å². The Morgan fingerprint density at radius 2 is 2.08 bits per heavy atom. The highest BCUT2D eigenvalue weighted by Crippen LogP contribution is 2.13. The van der Waals surface area contributed by atoms with Crippen LogP contribution in [-0.2, 0) is 0 Å². The predicted octanol–water partition coefficient (Wildman–Crippen LogP) is 1.76. The summed E-state index contributed by atoms with van der Waals surface area (Å²) in [6, 6.07) is 5.71. The summed E-state index contributed by atoms with van der Waals surface area (Å²) < 4.78 is 6.64. The van der Waals surface area contributed by atoms with Crippen LogP contribution in [0.1, 0.15) is 13.8 Å². The molecule has 2 heterocycles. The average Bonchev–Trinajstić information content (AvgIpc) is 2.64. The van der Waals surface area contributed by atoms with E-state index in [1.165, 1.54) is 0 Å². The van der Waals surface area contributed by atoms with Crippen molar-refractivity contribution in [1.29, 1.82) is 0 Å². The minimum absolute atomic E-state index is 0.561. The zero-order valence-electron chi connectivity index (χ0n) is 8.06. The van der Waals surface area contributed by atoms with Crippen molar-refractivity contribution in [3.8, 4) is 5.88 Å². The number of hydrogen-bond acceptors (Lipinski definition) is 3. The highest BCUT2D eigenvalue weighted by atomic mass is 16.5. The van der Waals surface area contributed by atoms with Gasteiger partial charge in [-0.2, -0.15) is 0 Å². The van der Waals surface area contributed by atoms with Crippen LogP contribution in [0.3, 0.4) is 0 Å². The Hall–Kier alpha value is -1.58. The van der Waals surface area contributed by atoms with Crippen LogP contribution < -0.4 is 4.74 Å². The van der Waals surface area contributed by atoms with Gasteiger partial charge in [-0.15, -0.1) is 0 Å². The summed E-state index contributed by atoms with van der Waals surface area (Å²) in [5.41, 5.74) is 0.884. The summed E-state index contributed by atoms with van der Waals surface area (Å²) in [4.78, 5) is 0. The number of fused-ring (bicyclic) bond motifs is 1. The molecule has 0 aliphatic heterocycles. The molecule has 0 unspecified atom stereocenters. The topological polar surface area (TPSA) is 39.4 Å². The van der Waals surface area contributed by atoms with Gasteiger partial charge in [-0.1, -0.05) is 30.2 Å². The normalized spacial score (nSPS) is 9.15. The maximum absolute atomic E-state index is 4.97. The second-order valence-electron chi connectivity index (χ2n) is 2.13. The molecule has 2 aromatic rings. The highest BCUT2D eigenvalue weighted by Gasteiger charge is 2.02. The Kier molecular flexibility index (Phi) is 3.25. The third-order valence-electron chi connectivity index (χ3n) is 1.48. The Balaban J connectivity index is 0.000000396. The van der Waals surface area contributed by atoms with Crippen molar-refractivity contribution in [3.63, 3.8) is 0 Å². The molecular formula is C9H13N3O. The van der Waals surface area contributed by atoms with Crippen molar-refractivity contribution in [3.05, 3.63) is 24.4 Å². The number of rotatable bonds is 1. The van der Waals surface area contributed by atoms with Crippen LogP contribution in [0, 0.1) is 0 Å². The summed E-state index contributed by atoms with van der Waals surface area (Å²) in [6.07, 6.45) is 1.82. The van der Waals surface area contributed by atoms with Crippen LogP contribution in [-0.4, -0.2) is 21.9 Å². The fourth-order valence-electron chi connectivity index (χ4n) is 0.967. The maximum Gasteiger partial charge on any atom is 0.261 e. The molecule has 2 aromatic heterocycles. The first kappa shape index (κ1) is 9.51. The van der Waals surface area contributed by atoms with Crippen molar-refractivity contribution in [2.75, 3.05) is 7.11 Å². The summed E-state index contributed by atoms with van der Waals surface area (Å²) >= 11 is 0. The van der Waals surface area contributed by atoms with Crippen molar-refractivity contribution < 1.29 is 4.74 Å². The third-order valence-corrected chi connectivity index (χ3v) is 1.48. The third kappa shape index (κ3) is 1.77. The van der Waals surface area contributed by atoms with Crippen LogP contribution in [0.5, 0.6) is 5.88 Å². The second kappa shape index (κ2) is 4.45. The number of hydrogen-bond donors (Lipinski definition) is 0. The quantitative estimate of drug-likeness (QED) is 0.669. The lowest BCUT2D eigenvalue weighted by molar-refractivity contribution is 0.401. The molecule has 0 saturated carbocycles. The van der Waals surface area contributed by atoms with Crippen molar-refractivity contribution in [2.45, 2.75) is 13.8 Å². The van der Waals surface area contributed by atoms with Crippen molar-refractivity contribution in [1.82, 2.24) is 14.8 Å². The molecule has 0 aliphatic carbocycles. The summed E-state index contributed by atoms with van der Waals surface area (Å²) in [6.45, 7) is 4.00. The van der Waals surface area contributed by atoms with Crippen LogP contribution in [0.15, 0.2) is 24.4 Å². The van der Waals surface area contributed by atoms with Gasteiger partial charge in [-0.3, -0.25) is 0 Å². The lowest BCUT2D eigenvalue weighted by Gasteiger charge is -1.91. The van der Waals surface area contributed by atoms with E-state index in [2.05, 4.69) is 10.3 Å². The van der Waals surface area contributed by atoms with Gasteiger partial charge in [0.2, 0.25) is 0 Å². The first-order valence-electron chi connectivity index (χ1n) is 4.26. The van der Waals surface area contributed by atoms with Crippen molar-refractivity contribution >= 4 is 5.52 Å². The molecule has 0 N–H and O–H groups in total. The van der Waals surface area contributed by atoms with Gasteiger partial charge >= 0.3 is 0 Å². The monoisotopic (exact) mass is 179 g/mol. The minimum Gasteiger partial charge on any atom is -0.478 e. The van der Waals surface area contributed by atoms with E-state index in [0.29, 0.717) is 5.88 Å². The largest absolute Gasteiger partial charge is 0.478 e. The van der Waals surface area contributed by atoms with Gasteiger partial charge in [0.05, 0.1) is 7.11 Å². The lowest BCUT2D eigenvalue weighted by atomic mass is 10.4. The van der Waals surface area contributed by atoms with Crippen LogP contribution >= 0.6 is 0 Å². The molecule has 0 amide bonds. The van der Waals surface area contributed by atoms with E-state index in [-0.39, 0.29) is 0 Å². The van der Waals surface area contributed by atoms with Crippen molar-refractivity contribution in [2.24, 2.45) is 0 Å². The van der Waals surface area contributed by atoms with E-state index >= 15 is 0 Å². The van der Waals surface area contributed by atoms with Crippen LogP contribution in [0.25, 0.3) is 5.52 Å². The molecule has 0 aliphatic rings. The van der Waals surface area contributed by atoms with E-state index in [1.807, 2.05) is 38.2 Å². The molecule has 0 fully saturated rings. The van der Waals surface area contributed by atoms with Crippen LogP contribution in [0.2, 0.25) is 0 Å². The van der Waals surface area contributed by atoms with E-state index in [9.17, 15) is 0 Å². The van der Waals surface area contributed by atoms with E-state index in [0.717, 1.165) is 5.52 Å². The molecule has 0 spiro atoms. The van der Waals surface area contributed by atoms with E-state index in [4.69, 9.17) is 4.74 Å². The maximum atomic E-state index is 4.97. The molecule has 4 heteroatoms. The van der Waals surface area contributed by atoms with Gasteiger partial charge in [-0.25, -0.2) is 4.52 Å². The Labute approximate surface area is 77.1 Å². The molecule has 0 aromatic carbocycles. The number of aromatic nitrogens is 3. The molecular weight excluding hydrogens is 166 g/mol. The standard InChI is InChI=1S/C7H7N3O.C2H6/c1-11-7-6-4-2-3-5-10(6)9-8-7;1-2/h2-5H,1H3;1-2H3.